The normalized spacial score (nSPS) is 20.4. The molecule has 47 heavy (non-hydrogen) atoms. The standard InChI is InChI=1S/C36H44INO9/c1-3-22(16-23-17-28(37)34(43)30(18-23)46-2)13-14-29(40)32-24(21-47-25-10-6-4-7-11-25)19-26-33(27(32)20-39)36(45)38(35(26)44)15-9-5-8-12-31(41)42/h4,6-7,10-11,16-18,26-27,29,33,39-40,43H,3,5,8-9,12-15,19-21H2,1-2H3,(H,41,42)/b22-16+/t26-,27+,29-,33-/m1/s1. The van der Waals surface area contributed by atoms with Gasteiger partial charge >= 0.3 is 5.97 Å². The number of aliphatic carboxylic acids is 1. The first-order valence-electron chi connectivity index (χ1n) is 16.1. The number of methoxy groups -OCH3 is 1. The van der Waals surface area contributed by atoms with Crippen molar-refractivity contribution in [3.63, 3.8) is 0 Å². The van der Waals surface area contributed by atoms with E-state index in [9.17, 15) is 29.7 Å². The topological polar surface area (TPSA) is 154 Å². The van der Waals surface area contributed by atoms with Crippen LogP contribution in [0.1, 0.15) is 63.9 Å². The number of benzene rings is 2. The minimum absolute atomic E-state index is 0.0348. The molecule has 10 nitrogen and oxygen atoms in total. The first-order chi connectivity index (χ1) is 22.6. The first-order valence-corrected chi connectivity index (χ1v) is 17.2. The predicted octanol–water partition coefficient (Wildman–Crippen LogP) is 5.57. The van der Waals surface area contributed by atoms with Crippen LogP contribution in [-0.2, 0) is 14.4 Å². The largest absolute Gasteiger partial charge is 0.504 e. The van der Waals surface area contributed by atoms with Gasteiger partial charge in [0, 0.05) is 18.9 Å². The molecule has 4 rings (SSSR count). The Morgan fingerprint density at radius 2 is 1.85 bits per heavy atom. The molecule has 0 radical (unpaired) electrons. The molecule has 1 fully saturated rings. The maximum atomic E-state index is 13.7. The number of unbranched alkanes of at least 4 members (excludes halogenated alkanes) is 2. The maximum absolute atomic E-state index is 13.7. The van der Waals surface area contributed by atoms with Crippen molar-refractivity contribution in [1.29, 1.82) is 0 Å². The molecule has 0 unspecified atom stereocenters. The van der Waals surface area contributed by atoms with E-state index in [-0.39, 0.29) is 43.6 Å². The molecule has 2 amide bonds. The molecule has 254 valence electrons. The summed E-state index contributed by atoms with van der Waals surface area (Å²) in [6.07, 6.45) is 4.42. The van der Waals surface area contributed by atoms with Gasteiger partial charge in [0.05, 0.1) is 35.2 Å². The summed E-state index contributed by atoms with van der Waals surface area (Å²) in [5, 5.41) is 41.6. The number of ether oxygens (including phenoxy) is 2. The van der Waals surface area contributed by atoms with E-state index < -0.39 is 36.4 Å². The number of hydrogen-bond acceptors (Lipinski definition) is 8. The number of phenols is 1. The number of allylic oxidation sites excluding steroid dienone is 1. The van der Waals surface area contributed by atoms with Crippen LogP contribution in [-0.4, -0.2) is 76.1 Å². The third kappa shape index (κ3) is 8.94. The number of phenolic OH excluding ortho intramolecular Hbond substituents is 1. The Kier molecular flexibility index (Phi) is 13.3. The number of carboxylic acid groups (broad SMARTS) is 1. The van der Waals surface area contributed by atoms with Gasteiger partial charge < -0.3 is 29.9 Å². The zero-order valence-electron chi connectivity index (χ0n) is 26.9. The summed E-state index contributed by atoms with van der Waals surface area (Å²) in [4.78, 5) is 39.4. The number of aliphatic hydroxyl groups is 2. The van der Waals surface area contributed by atoms with Crippen LogP contribution in [0.4, 0.5) is 0 Å². The van der Waals surface area contributed by atoms with Crippen LogP contribution >= 0.6 is 22.6 Å². The zero-order chi connectivity index (χ0) is 34.1. The molecule has 2 aromatic rings. The number of para-hydroxylation sites is 1. The highest BCUT2D eigenvalue weighted by atomic mass is 127. The number of imide groups is 1. The quantitative estimate of drug-likeness (QED) is 0.0701. The van der Waals surface area contributed by atoms with E-state index in [4.69, 9.17) is 14.6 Å². The number of halogens is 1. The zero-order valence-corrected chi connectivity index (χ0v) is 29.0. The molecule has 1 saturated heterocycles. The Morgan fingerprint density at radius 3 is 2.51 bits per heavy atom. The van der Waals surface area contributed by atoms with Crippen LogP contribution < -0.4 is 9.47 Å². The summed E-state index contributed by atoms with van der Waals surface area (Å²) in [5.41, 5.74) is 3.19. The summed E-state index contributed by atoms with van der Waals surface area (Å²) in [6, 6.07) is 12.8. The fourth-order valence-corrected chi connectivity index (χ4v) is 7.31. The lowest BCUT2D eigenvalue weighted by molar-refractivity contribution is -0.141. The van der Waals surface area contributed by atoms with Crippen molar-refractivity contribution in [2.45, 2.75) is 64.4 Å². The molecule has 1 aliphatic carbocycles. The summed E-state index contributed by atoms with van der Waals surface area (Å²) in [6.45, 7) is 1.92. The fraction of sp³-hybridized carbons (Fsp3) is 0.472. The minimum Gasteiger partial charge on any atom is -0.504 e. The highest BCUT2D eigenvalue weighted by Crippen LogP contribution is 2.46. The molecule has 0 spiro atoms. The highest BCUT2D eigenvalue weighted by Gasteiger charge is 2.54. The third-order valence-corrected chi connectivity index (χ3v) is 9.92. The molecule has 0 saturated carbocycles. The van der Waals surface area contributed by atoms with Crippen LogP contribution in [0.2, 0.25) is 0 Å². The van der Waals surface area contributed by atoms with Crippen LogP contribution in [0.25, 0.3) is 6.08 Å². The van der Waals surface area contributed by atoms with E-state index in [0.29, 0.717) is 58.3 Å². The lowest BCUT2D eigenvalue weighted by atomic mass is 9.68. The smallest absolute Gasteiger partial charge is 0.303 e. The molecule has 2 aliphatic rings. The highest BCUT2D eigenvalue weighted by molar-refractivity contribution is 14.1. The third-order valence-electron chi connectivity index (χ3n) is 9.09. The number of carboxylic acids is 1. The Morgan fingerprint density at radius 1 is 1.11 bits per heavy atom. The van der Waals surface area contributed by atoms with E-state index in [0.717, 1.165) is 17.6 Å². The molecular formula is C36H44INO9. The van der Waals surface area contributed by atoms with Gasteiger partial charge in [0.1, 0.15) is 12.4 Å². The van der Waals surface area contributed by atoms with Gasteiger partial charge in [-0.3, -0.25) is 19.3 Å². The SMILES string of the molecule is CC/C(=C\c1cc(I)c(O)c(OC)c1)CC[C@@H](O)C1=C(COc2ccccc2)C[C@H]2C(=O)N(CCCCCC(=O)O)C(=O)[C@H]2[C@H]1CO. The van der Waals surface area contributed by atoms with Gasteiger partial charge in [0.2, 0.25) is 11.8 Å². The van der Waals surface area contributed by atoms with Crippen molar-refractivity contribution in [2.75, 3.05) is 26.9 Å². The minimum atomic E-state index is -0.986. The van der Waals surface area contributed by atoms with Crippen molar-refractivity contribution >= 4 is 46.5 Å². The van der Waals surface area contributed by atoms with Gasteiger partial charge in [-0.25, -0.2) is 0 Å². The average molecular weight is 762 g/mol. The van der Waals surface area contributed by atoms with Crippen molar-refractivity contribution in [2.24, 2.45) is 17.8 Å². The van der Waals surface area contributed by atoms with Gasteiger partial charge in [-0.05, 0) is 102 Å². The van der Waals surface area contributed by atoms with E-state index >= 15 is 0 Å². The maximum Gasteiger partial charge on any atom is 0.303 e. The van der Waals surface area contributed by atoms with E-state index in [1.54, 1.807) is 6.07 Å². The second kappa shape index (κ2) is 17.1. The van der Waals surface area contributed by atoms with Crippen LogP contribution in [0.5, 0.6) is 17.2 Å². The van der Waals surface area contributed by atoms with Gasteiger partial charge in [-0.1, -0.05) is 43.2 Å². The number of hydrogen-bond donors (Lipinski definition) is 4. The van der Waals surface area contributed by atoms with Gasteiger partial charge in [0.15, 0.2) is 11.5 Å². The Bertz CT molecular complexity index is 1490. The molecular weight excluding hydrogens is 717 g/mol. The molecule has 4 atom stereocenters. The summed E-state index contributed by atoms with van der Waals surface area (Å²) >= 11 is 2.05. The van der Waals surface area contributed by atoms with Crippen LogP contribution in [0.15, 0.2) is 59.2 Å². The second-order valence-electron chi connectivity index (χ2n) is 12.1. The predicted molar refractivity (Wildman–Crippen MR) is 185 cm³/mol. The second-order valence-corrected chi connectivity index (χ2v) is 13.2. The molecule has 0 aromatic heterocycles. The fourth-order valence-electron chi connectivity index (χ4n) is 6.68. The Hall–Kier alpha value is -3.42. The number of amides is 2. The first kappa shape index (κ1) is 36.4. The number of likely N-dealkylation sites (tertiary alicyclic amines) is 1. The van der Waals surface area contributed by atoms with E-state index in [2.05, 4.69) is 22.6 Å². The van der Waals surface area contributed by atoms with Gasteiger partial charge in [-0.15, -0.1) is 0 Å². The Labute approximate surface area is 289 Å². The summed E-state index contributed by atoms with van der Waals surface area (Å²) in [5.74, 6) is -2.64. The number of carbonyl (C=O) groups excluding carboxylic acids is 2. The van der Waals surface area contributed by atoms with Crippen molar-refractivity contribution < 1.29 is 44.3 Å². The molecule has 1 heterocycles. The number of carbonyl (C=O) groups is 3. The van der Waals surface area contributed by atoms with Crippen LogP contribution in [0.3, 0.4) is 0 Å². The number of rotatable bonds is 17. The molecule has 2 aromatic carbocycles. The number of fused-ring (bicyclic) bond motifs is 1. The molecule has 4 N–H and O–H groups in total. The van der Waals surface area contributed by atoms with Crippen molar-refractivity contribution in [3.05, 3.63) is 68.3 Å². The monoisotopic (exact) mass is 761 g/mol. The summed E-state index contributed by atoms with van der Waals surface area (Å²) in [7, 11) is 1.50. The van der Waals surface area contributed by atoms with Gasteiger partial charge in [0.25, 0.3) is 0 Å². The van der Waals surface area contributed by atoms with Crippen LogP contribution in [0, 0.1) is 21.3 Å². The lowest BCUT2D eigenvalue weighted by Gasteiger charge is -2.36. The lowest BCUT2D eigenvalue weighted by Crippen LogP contribution is -2.40. The molecule has 0 bridgehead atoms. The van der Waals surface area contributed by atoms with Crippen molar-refractivity contribution in [3.8, 4) is 17.2 Å². The molecule has 1 aliphatic heterocycles. The summed E-state index contributed by atoms with van der Waals surface area (Å²) < 4.78 is 12.0. The number of nitrogens with zero attached hydrogens (tertiary/aromatic N) is 1. The number of aromatic hydroxyl groups is 1. The van der Waals surface area contributed by atoms with Crippen molar-refractivity contribution in [1.82, 2.24) is 4.90 Å². The Balaban J connectivity index is 1.57. The van der Waals surface area contributed by atoms with E-state index in [1.807, 2.05) is 49.4 Å². The van der Waals surface area contributed by atoms with Gasteiger partial charge in [-0.2, -0.15) is 0 Å². The average Bonchev–Trinajstić information content (AvgIpc) is 3.30. The van der Waals surface area contributed by atoms with E-state index in [1.165, 1.54) is 12.0 Å². The number of aliphatic hydroxyl groups excluding tert-OH is 2. The molecule has 11 heteroatoms.